The molecule has 2 heterocycles. The standard InChI is InChI=1S/C16H17NO4/c18-9-2-1-8-7-11-16(20)4-3-10(19)14-15(16,5-6-17-11)12(8)13(9)21-14/h1-2,11,14,17-18,20H,3-7H2/t11?,14-,15?,16?/m0/s1. The summed E-state index contributed by atoms with van der Waals surface area (Å²) in [6, 6.07) is 3.49. The van der Waals surface area contributed by atoms with Crippen molar-refractivity contribution in [3.8, 4) is 11.5 Å². The molecule has 1 aromatic rings. The minimum atomic E-state index is -0.962. The van der Waals surface area contributed by atoms with Gasteiger partial charge in [0.1, 0.15) is 0 Å². The monoisotopic (exact) mass is 287 g/mol. The summed E-state index contributed by atoms with van der Waals surface area (Å²) in [6.07, 6.45) is 1.54. The highest BCUT2D eigenvalue weighted by Crippen LogP contribution is 2.63. The summed E-state index contributed by atoms with van der Waals surface area (Å²) in [7, 11) is 0. The Bertz CT molecular complexity index is 687. The summed E-state index contributed by atoms with van der Waals surface area (Å²) < 4.78 is 5.90. The van der Waals surface area contributed by atoms with Gasteiger partial charge in [-0.1, -0.05) is 6.07 Å². The highest BCUT2D eigenvalue weighted by molar-refractivity contribution is 5.90. The second-order valence-electron chi connectivity index (χ2n) is 6.77. The molecule has 1 aromatic carbocycles. The first-order valence-electron chi connectivity index (χ1n) is 7.58. The normalized spacial score (nSPS) is 42.4. The number of ketones is 1. The van der Waals surface area contributed by atoms with Gasteiger partial charge in [-0.15, -0.1) is 0 Å². The number of Topliss-reactive ketones (excluding diaryl/α,β-unsaturated/α-hetero) is 1. The Balaban J connectivity index is 1.89. The molecule has 5 rings (SSSR count). The first-order chi connectivity index (χ1) is 10.1. The summed E-state index contributed by atoms with van der Waals surface area (Å²) in [5.41, 5.74) is 0.332. The predicted molar refractivity (Wildman–Crippen MR) is 73.5 cm³/mol. The lowest BCUT2D eigenvalue weighted by molar-refractivity contribution is -0.166. The molecule has 1 saturated heterocycles. The van der Waals surface area contributed by atoms with Gasteiger partial charge in [0.25, 0.3) is 0 Å². The molecular formula is C16H17NO4. The molecule has 0 radical (unpaired) electrons. The lowest BCUT2D eigenvalue weighted by Crippen LogP contribution is -2.76. The maximum absolute atomic E-state index is 12.4. The minimum absolute atomic E-state index is 0.0452. The number of rotatable bonds is 0. The maximum atomic E-state index is 12.4. The van der Waals surface area contributed by atoms with E-state index in [2.05, 4.69) is 5.32 Å². The first kappa shape index (κ1) is 12.0. The Labute approximate surface area is 121 Å². The fraction of sp³-hybridized carbons (Fsp3) is 0.562. The van der Waals surface area contributed by atoms with Crippen molar-refractivity contribution in [3.05, 3.63) is 23.3 Å². The zero-order chi connectivity index (χ0) is 14.4. The van der Waals surface area contributed by atoms with E-state index in [0.29, 0.717) is 31.4 Å². The largest absolute Gasteiger partial charge is 0.504 e. The molecule has 0 amide bonds. The van der Waals surface area contributed by atoms with E-state index in [1.54, 1.807) is 6.07 Å². The van der Waals surface area contributed by atoms with Crippen molar-refractivity contribution in [3.63, 3.8) is 0 Å². The number of benzene rings is 1. The Morgan fingerprint density at radius 1 is 1.33 bits per heavy atom. The Morgan fingerprint density at radius 2 is 2.19 bits per heavy atom. The van der Waals surface area contributed by atoms with E-state index in [0.717, 1.165) is 17.7 Å². The maximum Gasteiger partial charge on any atom is 0.174 e. The average molecular weight is 287 g/mol. The molecule has 0 aromatic heterocycles. The van der Waals surface area contributed by atoms with Gasteiger partial charge in [0.2, 0.25) is 0 Å². The van der Waals surface area contributed by atoms with Crippen LogP contribution in [0.3, 0.4) is 0 Å². The van der Waals surface area contributed by atoms with Gasteiger partial charge >= 0.3 is 0 Å². The first-order valence-corrected chi connectivity index (χ1v) is 7.58. The van der Waals surface area contributed by atoms with E-state index in [4.69, 9.17) is 4.74 Å². The van der Waals surface area contributed by atoms with E-state index >= 15 is 0 Å². The lowest BCUT2D eigenvalue weighted by Gasteiger charge is -2.59. The second kappa shape index (κ2) is 3.42. The van der Waals surface area contributed by atoms with Gasteiger partial charge in [0.15, 0.2) is 23.4 Å². The zero-order valence-corrected chi connectivity index (χ0v) is 11.6. The number of hydrogen-bond donors (Lipinski definition) is 3. The SMILES string of the molecule is O=C1CCC2(O)C3Cc4ccc(O)c5c4C2(CCN3)[C@H]1O5. The molecule has 4 atom stereocenters. The fourth-order valence-electron chi connectivity index (χ4n) is 5.22. The third-order valence-electron chi connectivity index (χ3n) is 6.08. The summed E-state index contributed by atoms with van der Waals surface area (Å²) in [6.45, 7) is 0.759. The summed E-state index contributed by atoms with van der Waals surface area (Å²) in [5, 5.41) is 25.0. The van der Waals surface area contributed by atoms with Crippen molar-refractivity contribution in [2.45, 2.75) is 48.8 Å². The smallest absolute Gasteiger partial charge is 0.174 e. The van der Waals surface area contributed by atoms with Crippen molar-refractivity contribution in [1.29, 1.82) is 0 Å². The number of carbonyl (C=O) groups excluding carboxylic acids is 1. The average Bonchev–Trinajstić information content (AvgIpc) is 2.80. The molecule has 110 valence electrons. The van der Waals surface area contributed by atoms with Gasteiger partial charge in [-0.2, -0.15) is 0 Å². The Morgan fingerprint density at radius 3 is 3.05 bits per heavy atom. The number of nitrogens with one attached hydrogen (secondary N) is 1. The van der Waals surface area contributed by atoms with Crippen LogP contribution in [0, 0.1) is 0 Å². The highest BCUT2D eigenvalue weighted by Gasteiger charge is 2.71. The Kier molecular flexibility index (Phi) is 1.95. The summed E-state index contributed by atoms with van der Waals surface area (Å²) in [5.74, 6) is 0.542. The third-order valence-corrected chi connectivity index (χ3v) is 6.08. The number of hydrogen-bond acceptors (Lipinski definition) is 5. The van der Waals surface area contributed by atoms with Gasteiger partial charge in [-0.3, -0.25) is 4.79 Å². The van der Waals surface area contributed by atoms with Crippen molar-refractivity contribution >= 4 is 5.78 Å². The van der Waals surface area contributed by atoms with Crippen LogP contribution < -0.4 is 10.1 Å². The molecule has 2 aliphatic carbocycles. The molecule has 4 aliphatic rings. The van der Waals surface area contributed by atoms with Crippen molar-refractivity contribution in [1.82, 2.24) is 5.32 Å². The predicted octanol–water partition coefficient (Wildman–Crippen LogP) is 0.403. The molecule has 2 fully saturated rings. The van der Waals surface area contributed by atoms with Crippen LogP contribution in [0.4, 0.5) is 0 Å². The van der Waals surface area contributed by atoms with Crippen LogP contribution in [-0.2, 0) is 16.6 Å². The molecule has 5 heteroatoms. The molecule has 5 nitrogen and oxygen atoms in total. The van der Waals surface area contributed by atoms with E-state index in [1.165, 1.54) is 0 Å². The number of aliphatic hydroxyl groups is 1. The lowest BCUT2D eigenvalue weighted by atomic mass is 9.49. The van der Waals surface area contributed by atoms with Crippen molar-refractivity contribution in [2.75, 3.05) is 6.54 Å². The van der Waals surface area contributed by atoms with Crippen LogP contribution in [0.25, 0.3) is 0 Å². The molecular weight excluding hydrogens is 270 g/mol. The minimum Gasteiger partial charge on any atom is -0.504 e. The van der Waals surface area contributed by atoms with Crippen LogP contribution in [-0.4, -0.2) is 40.3 Å². The van der Waals surface area contributed by atoms with Gasteiger partial charge < -0.3 is 20.3 Å². The van der Waals surface area contributed by atoms with Crippen LogP contribution in [0.15, 0.2) is 12.1 Å². The molecule has 2 bridgehead atoms. The van der Waals surface area contributed by atoms with Crippen molar-refractivity contribution < 1.29 is 19.7 Å². The molecule has 3 N–H and O–H groups in total. The van der Waals surface area contributed by atoms with Crippen LogP contribution in [0.5, 0.6) is 11.5 Å². The summed E-state index contributed by atoms with van der Waals surface area (Å²) in [4.78, 5) is 12.4. The van der Waals surface area contributed by atoms with Gasteiger partial charge in [0.05, 0.1) is 11.0 Å². The second-order valence-corrected chi connectivity index (χ2v) is 6.77. The number of carbonyl (C=O) groups is 1. The molecule has 3 unspecified atom stereocenters. The molecule has 2 aliphatic heterocycles. The summed E-state index contributed by atoms with van der Waals surface area (Å²) >= 11 is 0. The van der Waals surface area contributed by atoms with Crippen LogP contribution >= 0.6 is 0 Å². The molecule has 1 spiro atoms. The number of phenols is 1. The van der Waals surface area contributed by atoms with E-state index in [1.807, 2.05) is 6.07 Å². The van der Waals surface area contributed by atoms with Crippen LogP contribution in [0.1, 0.15) is 30.4 Å². The van der Waals surface area contributed by atoms with Crippen LogP contribution in [0.2, 0.25) is 0 Å². The molecule has 21 heavy (non-hydrogen) atoms. The topological polar surface area (TPSA) is 78.8 Å². The quantitative estimate of drug-likeness (QED) is 0.644. The number of aromatic hydroxyl groups is 1. The van der Waals surface area contributed by atoms with E-state index in [-0.39, 0.29) is 17.6 Å². The number of piperidine rings is 1. The highest BCUT2D eigenvalue weighted by atomic mass is 16.5. The number of phenolic OH excluding ortho intramolecular Hbond substituents is 1. The third kappa shape index (κ3) is 1.09. The van der Waals surface area contributed by atoms with Gasteiger partial charge in [-0.05, 0) is 37.4 Å². The molecule has 1 saturated carbocycles. The van der Waals surface area contributed by atoms with E-state index in [9.17, 15) is 15.0 Å². The zero-order valence-electron chi connectivity index (χ0n) is 11.6. The van der Waals surface area contributed by atoms with E-state index < -0.39 is 17.1 Å². The van der Waals surface area contributed by atoms with Crippen molar-refractivity contribution in [2.24, 2.45) is 0 Å². The van der Waals surface area contributed by atoms with Gasteiger partial charge in [-0.25, -0.2) is 0 Å². The Hall–Kier alpha value is -1.59. The van der Waals surface area contributed by atoms with Gasteiger partial charge in [0, 0.05) is 18.0 Å². The fourth-order valence-corrected chi connectivity index (χ4v) is 5.22. The number of ether oxygens (including phenoxy) is 1.